The van der Waals surface area contributed by atoms with Crippen LogP contribution in [0.2, 0.25) is 0 Å². The molecule has 1 heterocycles. The van der Waals surface area contributed by atoms with Crippen molar-refractivity contribution in [3.8, 4) is 0 Å². The van der Waals surface area contributed by atoms with Crippen LogP contribution in [0, 0.1) is 10.1 Å². The van der Waals surface area contributed by atoms with Gasteiger partial charge in [-0.1, -0.05) is 12.1 Å². The van der Waals surface area contributed by atoms with Crippen molar-refractivity contribution in [1.29, 1.82) is 0 Å². The second-order valence-corrected chi connectivity index (χ2v) is 6.30. The first-order chi connectivity index (χ1) is 7.48. The van der Waals surface area contributed by atoms with E-state index in [9.17, 15) is 10.1 Å². The number of thioether (sulfide) groups is 1. The van der Waals surface area contributed by atoms with Gasteiger partial charge in [0.05, 0.1) is 10.3 Å². The van der Waals surface area contributed by atoms with Gasteiger partial charge in [0.15, 0.2) is 0 Å². The molecule has 0 radical (unpaired) electrons. The third-order valence-corrected chi connectivity index (χ3v) is 3.99. The molecule has 0 bridgehead atoms. The lowest BCUT2D eigenvalue weighted by Crippen LogP contribution is -2.21. The highest BCUT2D eigenvalue weighted by molar-refractivity contribution is 8.01. The lowest BCUT2D eigenvalue weighted by atomic mass is 10.2. The van der Waals surface area contributed by atoms with Gasteiger partial charge in [0, 0.05) is 23.4 Å². The Kier molecular flexibility index (Phi) is 2.90. The van der Waals surface area contributed by atoms with Crippen LogP contribution in [0.15, 0.2) is 24.3 Å². The van der Waals surface area contributed by atoms with Gasteiger partial charge in [-0.3, -0.25) is 10.1 Å². The van der Waals surface area contributed by atoms with Crippen molar-refractivity contribution in [3.63, 3.8) is 0 Å². The van der Waals surface area contributed by atoms with Gasteiger partial charge in [-0.25, -0.2) is 0 Å². The Morgan fingerprint density at radius 1 is 1.56 bits per heavy atom. The SMILES string of the molecule is CC1(C)CNC(c2cccc([N+](=O)[O-])c2)S1. The number of nitrogens with one attached hydrogen (secondary N) is 1. The van der Waals surface area contributed by atoms with Crippen molar-refractivity contribution < 1.29 is 4.92 Å². The van der Waals surface area contributed by atoms with E-state index in [0.29, 0.717) is 0 Å². The van der Waals surface area contributed by atoms with Crippen LogP contribution in [0.1, 0.15) is 24.8 Å². The van der Waals surface area contributed by atoms with Crippen LogP contribution in [0.4, 0.5) is 5.69 Å². The fourth-order valence-corrected chi connectivity index (χ4v) is 2.98. The van der Waals surface area contributed by atoms with E-state index in [4.69, 9.17) is 0 Å². The van der Waals surface area contributed by atoms with E-state index in [1.165, 1.54) is 6.07 Å². The van der Waals surface area contributed by atoms with Crippen LogP contribution in [0.3, 0.4) is 0 Å². The van der Waals surface area contributed by atoms with Gasteiger partial charge in [0.2, 0.25) is 0 Å². The molecule has 4 nitrogen and oxygen atoms in total. The summed E-state index contributed by atoms with van der Waals surface area (Å²) in [6.45, 7) is 5.26. The smallest absolute Gasteiger partial charge is 0.269 e. The quantitative estimate of drug-likeness (QED) is 0.635. The number of nitro groups is 1. The second-order valence-electron chi connectivity index (χ2n) is 4.49. The summed E-state index contributed by atoms with van der Waals surface area (Å²) in [5.74, 6) is 0. The molecule has 5 heteroatoms. The second kappa shape index (κ2) is 4.07. The first-order valence-corrected chi connectivity index (χ1v) is 6.01. The number of rotatable bonds is 2. The summed E-state index contributed by atoms with van der Waals surface area (Å²) in [5.41, 5.74) is 1.13. The van der Waals surface area contributed by atoms with Gasteiger partial charge in [0.25, 0.3) is 5.69 Å². The zero-order valence-corrected chi connectivity index (χ0v) is 10.1. The van der Waals surface area contributed by atoms with E-state index in [1.54, 1.807) is 12.1 Å². The molecule has 1 atom stereocenters. The largest absolute Gasteiger partial charge is 0.300 e. The Morgan fingerprint density at radius 3 is 2.88 bits per heavy atom. The maximum atomic E-state index is 10.7. The predicted octanol–water partition coefficient (Wildman–Crippen LogP) is 2.71. The highest BCUT2D eigenvalue weighted by atomic mass is 32.2. The molecule has 86 valence electrons. The van der Waals surface area contributed by atoms with Gasteiger partial charge in [-0.2, -0.15) is 0 Å². The molecule has 1 aliphatic heterocycles. The number of nitro benzene ring substituents is 1. The topological polar surface area (TPSA) is 55.2 Å². The standard InChI is InChI=1S/C11H14N2O2S/c1-11(2)7-12-10(16-11)8-4-3-5-9(6-8)13(14)15/h3-6,10,12H,7H2,1-2H3. The molecule has 0 spiro atoms. The molecule has 1 aromatic rings. The Labute approximate surface area is 98.6 Å². The number of hydrogen-bond donors (Lipinski definition) is 1. The minimum atomic E-state index is -0.353. The molecule has 1 N–H and O–H groups in total. The summed E-state index contributed by atoms with van der Waals surface area (Å²) < 4.78 is 0.190. The van der Waals surface area contributed by atoms with Crippen LogP contribution >= 0.6 is 11.8 Å². The van der Waals surface area contributed by atoms with E-state index in [-0.39, 0.29) is 20.7 Å². The van der Waals surface area contributed by atoms with Gasteiger partial charge in [-0.05, 0) is 19.4 Å². The first-order valence-electron chi connectivity index (χ1n) is 5.13. The molecule has 0 saturated carbocycles. The Bertz CT molecular complexity index is 420. The maximum Gasteiger partial charge on any atom is 0.269 e. The van der Waals surface area contributed by atoms with Crippen LogP contribution in [-0.4, -0.2) is 16.2 Å². The molecular weight excluding hydrogens is 224 g/mol. The minimum Gasteiger partial charge on any atom is -0.300 e. The molecular formula is C11H14N2O2S. The summed E-state index contributed by atoms with van der Waals surface area (Å²) in [6, 6.07) is 6.83. The fraction of sp³-hybridized carbons (Fsp3) is 0.455. The van der Waals surface area contributed by atoms with Crippen molar-refractivity contribution in [2.45, 2.75) is 24.0 Å². The van der Waals surface area contributed by atoms with Gasteiger partial charge in [0.1, 0.15) is 0 Å². The Hall–Kier alpha value is -1.07. The summed E-state index contributed by atoms with van der Waals surface area (Å²) in [5, 5.41) is 14.2. The molecule has 16 heavy (non-hydrogen) atoms. The lowest BCUT2D eigenvalue weighted by Gasteiger charge is -2.15. The van der Waals surface area contributed by atoms with Crippen molar-refractivity contribution in [1.82, 2.24) is 5.32 Å². The van der Waals surface area contributed by atoms with E-state index in [2.05, 4.69) is 19.2 Å². The monoisotopic (exact) mass is 238 g/mol. The van der Waals surface area contributed by atoms with Crippen molar-refractivity contribution >= 4 is 17.4 Å². The van der Waals surface area contributed by atoms with Gasteiger partial charge >= 0.3 is 0 Å². The Balaban J connectivity index is 2.22. The molecule has 1 aromatic carbocycles. The predicted molar refractivity (Wildman–Crippen MR) is 65.5 cm³/mol. The minimum absolute atomic E-state index is 0.157. The highest BCUT2D eigenvalue weighted by Crippen LogP contribution is 2.42. The average molecular weight is 238 g/mol. The zero-order chi connectivity index (χ0) is 11.8. The van der Waals surface area contributed by atoms with Crippen LogP contribution < -0.4 is 5.32 Å². The normalized spacial score (nSPS) is 23.2. The molecule has 1 fully saturated rings. The van der Waals surface area contributed by atoms with E-state index >= 15 is 0 Å². The summed E-state index contributed by atoms with van der Waals surface area (Å²) in [6.07, 6.45) is 0. The van der Waals surface area contributed by atoms with Crippen molar-refractivity contribution in [3.05, 3.63) is 39.9 Å². The van der Waals surface area contributed by atoms with Crippen LogP contribution in [0.25, 0.3) is 0 Å². The van der Waals surface area contributed by atoms with Crippen LogP contribution in [0.5, 0.6) is 0 Å². The average Bonchev–Trinajstić information content (AvgIpc) is 2.59. The number of nitrogens with zero attached hydrogens (tertiary/aromatic N) is 1. The van der Waals surface area contributed by atoms with Crippen molar-refractivity contribution in [2.75, 3.05) is 6.54 Å². The third-order valence-electron chi connectivity index (χ3n) is 2.53. The lowest BCUT2D eigenvalue weighted by molar-refractivity contribution is -0.384. The van der Waals surface area contributed by atoms with Crippen LogP contribution in [-0.2, 0) is 0 Å². The summed E-state index contributed by atoms with van der Waals surface area (Å²) in [7, 11) is 0. The van der Waals surface area contributed by atoms with Crippen molar-refractivity contribution in [2.24, 2.45) is 0 Å². The summed E-state index contributed by atoms with van der Waals surface area (Å²) in [4.78, 5) is 10.3. The molecule has 0 amide bonds. The molecule has 0 aromatic heterocycles. The fourth-order valence-electron chi connectivity index (χ4n) is 1.73. The molecule has 0 aliphatic carbocycles. The third kappa shape index (κ3) is 2.36. The number of benzene rings is 1. The number of non-ortho nitro benzene ring substituents is 1. The first kappa shape index (κ1) is 11.4. The van der Waals surface area contributed by atoms with Gasteiger partial charge < -0.3 is 5.32 Å². The van der Waals surface area contributed by atoms with E-state index < -0.39 is 0 Å². The summed E-state index contributed by atoms with van der Waals surface area (Å²) >= 11 is 1.81. The molecule has 1 unspecified atom stereocenters. The number of hydrogen-bond acceptors (Lipinski definition) is 4. The molecule has 2 rings (SSSR count). The Morgan fingerprint density at radius 2 is 2.31 bits per heavy atom. The zero-order valence-electron chi connectivity index (χ0n) is 9.27. The van der Waals surface area contributed by atoms with E-state index in [1.807, 2.05) is 17.8 Å². The molecule has 1 saturated heterocycles. The maximum absolute atomic E-state index is 10.7. The van der Waals surface area contributed by atoms with E-state index in [0.717, 1.165) is 12.1 Å². The highest BCUT2D eigenvalue weighted by Gasteiger charge is 2.32. The van der Waals surface area contributed by atoms with Gasteiger partial charge in [-0.15, -0.1) is 11.8 Å². The molecule has 1 aliphatic rings.